The van der Waals surface area contributed by atoms with Gasteiger partial charge in [-0.3, -0.25) is 0 Å². The first-order valence-electron chi connectivity index (χ1n) is 13.8. The molecule has 0 N–H and O–H groups in total. The van der Waals surface area contributed by atoms with Gasteiger partial charge in [0.05, 0.1) is 0 Å². The van der Waals surface area contributed by atoms with E-state index in [2.05, 4.69) is 49.0 Å². The van der Waals surface area contributed by atoms with Crippen LogP contribution in [0.1, 0.15) is 155 Å². The number of nitrogens with zero attached hydrogens (tertiary/aromatic N) is 1. The van der Waals surface area contributed by atoms with Crippen molar-refractivity contribution in [3.05, 3.63) is 30.6 Å². The van der Waals surface area contributed by atoms with Crippen molar-refractivity contribution >= 4 is 0 Å². The van der Waals surface area contributed by atoms with Gasteiger partial charge in [0, 0.05) is 25.0 Å². The van der Waals surface area contributed by atoms with Crippen LogP contribution in [0.3, 0.4) is 0 Å². The third kappa shape index (κ3) is 15.9. The van der Waals surface area contributed by atoms with Gasteiger partial charge in [0.2, 0.25) is 0 Å². The Morgan fingerprint density at radius 2 is 0.767 bits per heavy atom. The molecule has 30 heavy (non-hydrogen) atoms. The topological polar surface area (TPSA) is 3.88 Å². The number of aromatic nitrogens is 1. The lowest BCUT2D eigenvalue weighted by molar-refractivity contribution is -0.724. The van der Waals surface area contributed by atoms with Crippen molar-refractivity contribution in [1.29, 1.82) is 0 Å². The van der Waals surface area contributed by atoms with Gasteiger partial charge >= 0.3 is 0 Å². The molecule has 174 valence electrons. The molecule has 0 aliphatic rings. The summed E-state index contributed by atoms with van der Waals surface area (Å²) in [5.41, 5.74) is 0. The molecule has 1 unspecified atom stereocenters. The summed E-state index contributed by atoms with van der Waals surface area (Å²) in [7, 11) is 0. The standard InChI is InChI=1S/C29H54N/c1-3-5-7-9-11-13-15-17-19-22-26-29(30-27-23-20-24-28-30)25-21-18-16-14-12-10-8-6-4-2/h20,23-24,27-29H,3-19,21-22,25-26H2,1-2H3/q+1. The van der Waals surface area contributed by atoms with E-state index in [4.69, 9.17) is 0 Å². The first-order valence-corrected chi connectivity index (χ1v) is 13.8. The molecule has 1 rings (SSSR count). The van der Waals surface area contributed by atoms with Crippen LogP contribution in [0.15, 0.2) is 30.6 Å². The summed E-state index contributed by atoms with van der Waals surface area (Å²) < 4.78 is 2.48. The predicted octanol–water partition coefficient (Wildman–Crippen LogP) is 9.75. The number of rotatable bonds is 22. The Kier molecular flexibility index (Phi) is 19.4. The van der Waals surface area contributed by atoms with Crippen LogP contribution < -0.4 is 4.57 Å². The minimum Gasteiger partial charge on any atom is -0.202 e. The van der Waals surface area contributed by atoms with E-state index in [0.29, 0.717) is 6.04 Å². The normalized spacial score (nSPS) is 12.3. The molecule has 1 nitrogen and oxygen atoms in total. The Morgan fingerprint density at radius 1 is 0.433 bits per heavy atom. The lowest BCUT2D eigenvalue weighted by Gasteiger charge is -2.13. The van der Waals surface area contributed by atoms with Crippen molar-refractivity contribution < 1.29 is 4.57 Å². The van der Waals surface area contributed by atoms with Gasteiger partial charge in [-0.25, -0.2) is 4.57 Å². The molecular weight excluding hydrogens is 362 g/mol. The first-order chi connectivity index (χ1) is 14.9. The molecule has 0 aliphatic heterocycles. The monoisotopic (exact) mass is 416 g/mol. The van der Waals surface area contributed by atoms with Crippen molar-refractivity contribution in [2.24, 2.45) is 0 Å². The van der Waals surface area contributed by atoms with E-state index in [0.717, 1.165) is 0 Å². The van der Waals surface area contributed by atoms with Crippen molar-refractivity contribution in [3.8, 4) is 0 Å². The zero-order chi connectivity index (χ0) is 21.5. The maximum absolute atomic E-state index is 2.48. The van der Waals surface area contributed by atoms with Crippen molar-refractivity contribution in [1.82, 2.24) is 0 Å². The summed E-state index contributed by atoms with van der Waals surface area (Å²) in [5.74, 6) is 0. The maximum Gasteiger partial charge on any atom is 0.169 e. The van der Waals surface area contributed by atoms with Crippen LogP contribution in [0.4, 0.5) is 0 Å². The SMILES string of the molecule is CCCCCCCCCCCCC(CCCCCCCCCCC)[n+]1ccccc1. The van der Waals surface area contributed by atoms with Gasteiger partial charge in [-0.2, -0.15) is 0 Å². The highest BCUT2D eigenvalue weighted by Crippen LogP contribution is 2.20. The van der Waals surface area contributed by atoms with Crippen LogP contribution in [0.2, 0.25) is 0 Å². The summed E-state index contributed by atoms with van der Waals surface area (Å²) >= 11 is 0. The average molecular weight is 417 g/mol. The van der Waals surface area contributed by atoms with E-state index in [9.17, 15) is 0 Å². The zero-order valence-corrected chi connectivity index (χ0v) is 20.8. The molecule has 0 bridgehead atoms. The summed E-state index contributed by atoms with van der Waals surface area (Å²) in [4.78, 5) is 0. The van der Waals surface area contributed by atoms with Crippen LogP contribution in [0, 0.1) is 0 Å². The third-order valence-corrected chi connectivity index (χ3v) is 6.69. The Morgan fingerprint density at radius 3 is 1.13 bits per heavy atom. The first kappa shape index (κ1) is 27.2. The molecule has 0 saturated carbocycles. The summed E-state index contributed by atoms with van der Waals surface area (Å²) in [6.07, 6.45) is 34.5. The van der Waals surface area contributed by atoms with Crippen molar-refractivity contribution in [2.45, 2.75) is 155 Å². The fraction of sp³-hybridized carbons (Fsp3) is 0.828. The fourth-order valence-electron chi connectivity index (χ4n) is 4.66. The highest BCUT2D eigenvalue weighted by Gasteiger charge is 2.16. The van der Waals surface area contributed by atoms with Gasteiger partial charge in [-0.15, -0.1) is 0 Å². The summed E-state index contributed by atoms with van der Waals surface area (Å²) in [6, 6.07) is 7.25. The molecule has 0 radical (unpaired) electrons. The quantitative estimate of drug-likeness (QED) is 0.131. The molecule has 0 aromatic carbocycles. The molecule has 0 fully saturated rings. The number of hydrogen-bond donors (Lipinski definition) is 0. The van der Waals surface area contributed by atoms with Gasteiger partial charge in [0.1, 0.15) is 0 Å². The van der Waals surface area contributed by atoms with Crippen molar-refractivity contribution in [2.75, 3.05) is 0 Å². The van der Waals surface area contributed by atoms with Crippen LogP contribution in [-0.2, 0) is 0 Å². The van der Waals surface area contributed by atoms with Gasteiger partial charge < -0.3 is 0 Å². The highest BCUT2D eigenvalue weighted by atomic mass is 15.0. The largest absolute Gasteiger partial charge is 0.202 e. The molecule has 0 aliphatic carbocycles. The molecule has 1 aromatic rings. The lowest BCUT2D eigenvalue weighted by Crippen LogP contribution is -2.38. The van der Waals surface area contributed by atoms with E-state index in [-0.39, 0.29) is 0 Å². The highest BCUT2D eigenvalue weighted by molar-refractivity contribution is 4.84. The van der Waals surface area contributed by atoms with Crippen LogP contribution in [0.25, 0.3) is 0 Å². The molecule has 1 heterocycles. The Balaban J connectivity index is 2.11. The van der Waals surface area contributed by atoms with Gasteiger partial charge in [0.25, 0.3) is 0 Å². The third-order valence-electron chi connectivity index (χ3n) is 6.69. The smallest absolute Gasteiger partial charge is 0.169 e. The van der Waals surface area contributed by atoms with Gasteiger partial charge in [0.15, 0.2) is 18.4 Å². The van der Waals surface area contributed by atoms with Crippen LogP contribution in [0.5, 0.6) is 0 Å². The predicted molar refractivity (Wildman–Crippen MR) is 134 cm³/mol. The fourth-order valence-corrected chi connectivity index (χ4v) is 4.66. The van der Waals surface area contributed by atoms with E-state index in [1.807, 2.05) is 0 Å². The molecule has 0 amide bonds. The molecule has 0 saturated heterocycles. The summed E-state index contributed by atoms with van der Waals surface area (Å²) in [5, 5.41) is 0. The second-order valence-corrected chi connectivity index (χ2v) is 9.56. The van der Waals surface area contributed by atoms with E-state index < -0.39 is 0 Å². The molecular formula is C29H54N+. The average Bonchev–Trinajstić information content (AvgIpc) is 2.78. The molecule has 1 atom stereocenters. The number of hydrogen-bond acceptors (Lipinski definition) is 0. The Bertz CT molecular complexity index is 441. The summed E-state index contributed by atoms with van der Waals surface area (Å²) in [6.45, 7) is 4.60. The minimum absolute atomic E-state index is 0.713. The van der Waals surface area contributed by atoms with E-state index in [1.54, 1.807) is 0 Å². The second kappa shape index (κ2) is 21.4. The van der Waals surface area contributed by atoms with E-state index in [1.165, 1.54) is 135 Å². The second-order valence-electron chi connectivity index (χ2n) is 9.56. The van der Waals surface area contributed by atoms with Crippen molar-refractivity contribution in [3.63, 3.8) is 0 Å². The Hall–Kier alpha value is -0.850. The minimum atomic E-state index is 0.713. The molecule has 0 spiro atoms. The molecule has 1 aromatic heterocycles. The molecule has 1 heteroatoms. The van der Waals surface area contributed by atoms with Gasteiger partial charge in [-0.1, -0.05) is 129 Å². The van der Waals surface area contributed by atoms with Gasteiger partial charge in [-0.05, 0) is 12.8 Å². The number of unbranched alkanes of at least 4 members (excludes halogenated alkanes) is 17. The maximum atomic E-state index is 2.48. The van der Waals surface area contributed by atoms with Crippen LogP contribution in [-0.4, -0.2) is 0 Å². The number of pyridine rings is 1. The zero-order valence-electron chi connectivity index (χ0n) is 20.8. The Labute approximate surface area is 190 Å². The lowest BCUT2D eigenvalue weighted by atomic mass is 9.99. The van der Waals surface area contributed by atoms with Crippen LogP contribution >= 0.6 is 0 Å². The van der Waals surface area contributed by atoms with E-state index >= 15 is 0 Å².